The van der Waals surface area contributed by atoms with Crippen LogP contribution < -0.4 is 10.2 Å². The number of anilines is 1. The Morgan fingerprint density at radius 1 is 1.00 bits per heavy atom. The summed E-state index contributed by atoms with van der Waals surface area (Å²) in [7, 11) is 0. The Bertz CT molecular complexity index is 1280. The molecular formula is C28H29Cl2N3O3. The molecule has 0 saturated heterocycles. The van der Waals surface area contributed by atoms with Crippen molar-refractivity contribution in [2.45, 2.75) is 45.7 Å². The fraction of sp³-hybridized carbons (Fsp3) is 0.321. The lowest BCUT2D eigenvalue weighted by Crippen LogP contribution is -2.52. The van der Waals surface area contributed by atoms with Crippen LogP contribution in [0.4, 0.5) is 5.69 Å². The van der Waals surface area contributed by atoms with E-state index in [1.165, 1.54) is 9.80 Å². The zero-order valence-electron chi connectivity index (χ0n) is 20.4. The second-order valence-electron chi connectivity index (χ2n) is 8.86. The molecular weight excluding hydrogens is 497 g/mol. The lowest BCUT2D eigenvalue weighted by Gasteiger charge is -2.32. The number of carbonyl (C=O) groups is 3. The van der Waals surface area contributed by atoms with Gasteiger partial charge in [0.15, 0.2) is 0 Å². The van der Waals surface area contributed by atoms with Gasteiger partial charge in [0, 0.05) is 39.6 Å². The highest BCUT2D eigenvalue weighted by molar-refractivity contribution is 6.36. The zero-order chi connectivity index (χ0) is 25.8. The number of benzene rings is 3. The molecule has 0 radical (unpaired) electrons. The summed E-state index contributed by atoms with van der Waals surface area (Å²) >= 11 is 12.9. The maximum atomic E-state index is 13.8. The fourth-order valence-corrected chi connectivity index (χ4v) is 5.16. The highest BCUT2D eigenvalue weighted by atomic mass is 35.5. The van der Waals surface area contributed by atoms with E-state index < -0.39 is 6.04 Å². The first-order valence-electron chi connectivity index (χ1n) is 12.2. The molecule has 0 fully saturated rings. The van der Waals surface area contributed by atoms with Crippen molar-refractivity contribution in [3.8, 4) is 0 Å². The fourth-order valence-electron chi connectivity index (χ4n) is 4.64. The molecule has 8 heteroatoms. The summed E-state index contributed by atoms with van der Waals surface area (Å²) in [6.07, 6.45) is 2.19. The normalized spacial score (nSPS) is 13.2. The average molecular weight is 526 g/mol. The summed E-state index contributed by atoms with van der Waals surface area (Å²) < 4.78 is 0. The molecule has 1 atom stereocenters. The first kappa shape index (κ1) is 26.0. The van der Waals surface area contributed by atoms with E-state index in [4.69, 9.17) is 23.2 Å². The molecule has 3 aromatic rings. The van der Waals surface area contributed by atoms with Crippen molar-refractivity contribution in [3.63, 3.8) is 0 Å². The molecule has 188 valence electrons. The van der Waals surface area contributed by atoms with E-state index in [0.29, 0.717) is 39.8 Å². The molecule has 4 rings (SSSR count). The third kappa shape index (κ3) is 5.06. The van der Waals surface area contributed by atoms with Gasteiger partial charge in [-0.2, -0.15) is 0 Å². The van der Waals surface area contributed by atoms with Gasteiger partial charge in [-0.15, -0.1) is 0 Å². The van der Waals surface area contributed by atoms with Crippen LogP contribution in [0.5, 0.6) is 0 Å². The Hall–Kier alpha value is -3.09. The van der Waals surface area contributed by atoms with Crippen LogP contribution in [-0.2, 0) is 16.1 Å². The van der Waals surface area contributed by atoms with Gasteiger partial charge in [-0.1, -0.05) is 73.8 Å². The maximum absolute atomic E-state index is 13.8. The lowest BCUT2D eigenvalue weighted by molar-refractivity contribution is -0.140. The minimum atomic E-state index is -0.738. The first-order valence-corrected chi connectivity index (χ1v) is 13.0. The average Bonchev–Trinajstić information content (AvgIpc) is 3.13. The van der Waals surface area contributed by atoms with Crippen molar-refractivity contribution in [1.82, 2.24) is 10.2 Å². The van der Waals surface area contributed by atoms with E-state index in [1.807, 2.05) is 44.2 Å². The lowest BCUT2D eigenvalue weighted by atomic mass is 10.1. The third-order valence-electron chi connectivity index (χ3n) is 6.55. The molecule has 1 heterocycles. The monoisotopic (exact) mass is 525 g/mol. The second kappa shape index (κ2) is 11.3. The van der Waals surface area contributed by atoms with Gasteiger partial charge in [-0.25, -0.2) is 0 Å². The SMILES string of the molecule is CCCCNC(=O)[C@@H](CC)N(Cc1c(Cl)cccc1Cl)C(=O)CN1C(=O)c2cccc3cccc1c23. The summed E-state index contributed by atoms with van der Waals surface area (Å²) in [4.78, 5) is 43.2. The Balaban J connectivity index is 1.66. The molecule has 1 N–H and O–H groups in total. The molecule has 1 aliphatic rings. The maximum Gasteiger partial charge on any atom is 0.259 e. The summed E-state index contributed by atoms with van der Waals surface area (Å²) in [6, 6.07) is 15.6. The van der Waals surface area contributed by atoms with Gasteiger partial charge in [0.2, 0.25) is 11.8 Å². The van der Waals surface area contributed by atoms with E-state index >= 15 is 0 Å². The summed E-state index contributed by atoms with van der Waals surface area (Å²) in [6.45, 7) is 4.28. The summed E-state index contributed by atoms with van der Waals surface area (Å²) in [5, 5.41) is 5.54. The predicted octanol–water partition coefficient (Wildman–Crippen LogP) is 5.83. The van der Waals surface area contributed by atoms with Crippen LogP contribution in [0.2, 0.25) is 10.0 Å². The molecule has 0 saturated carbocycles. The van der Waals surface area contributed by atoms with Crippen molar-refractivity contribution in [2.24, 2.45) is 0 Å². The Kier molecular flexibility index (Phi) is 8.17. The number of hydrogen-bond donors (Lipinski definition) is 1. The van der Waals surface area contributed by atoms with Crippen LogP contribution in [0.25, 0.3) is 10.8 Å². The highest BCUT2D eigenvalue weighted by Crippen LogP contribution is 2.37. The van der Waals surface area contributed by atoms with Crippen LogP contribution >= 0.6 is 23.2 Å². The number of nitrogens with one attached hydrogen (secondary N) is 1. The molecule has 3 aromatic carbocycles. The standard InChI is InChI=1S/C28H29Cl2N3O3/c1-3-5-15-31-27(35)23(4-2)32(16-20-21(29)12-8-13-22(20)30)25(34)17-33-24-14-7-10-18-9-6-11-19(26(18)24)28(33)36/h6-14,23H,3-5,15-17H2,1-2H3,(H,31,35)/t23-/m1/s1. The summed E-state index contributed by atoms with van der Waals surface area (Å²) in [5.41, 5.74) is 1.82. The molecule has 0 unspecified atom stereocenters. The van der Waals surface area contributed by atoms with Gasteiger partial charge in [-0.3, -0.25) is 19.3 Å². The number of halogens is 2. The molecule has 1 aliphatic heterocycles. The summed E-state index contributed by atoms with van der Waals surface area (Å²) in [5.74, 6) is -0.825. The van der Waals surface area contributed by atoms with Gasteiger partial charge in [0.25, 0.3) is 5.91 Å². The van der Waals surface area contributed by atoms with Crippen LogP contribution in [0.15, 0.2) is 54.6 Å². The molecule has 0 bridgehead atoms. The van der Waals surface area contributed by atoms with Crippen LogP contribution in [0.1, 0.15) is 49.0 Å². The van der Waals surface area contributed by atoms with Crippen LogP contribution in [0, 0.1) is 0 Å². The van der Waals surface area contributed by atoms with E-state index in [0.717, 1.165) is 23.6 Å². The first-order chi connectivity index (χ1) is 17.4. The zero-order valence-corrected chi connectivity index (χ0v) is 21.9. The smallest absolute Gasteiger partial charge is 0.259 e. The van der Waals surface area contributed by atoms with E-state index in [1.54, 1.807) is 24.3 Å². The predicted molar refractivity (Wildman–Crippen MR) is 145 cm³/mol. The number of amides is 3. The van der Waals surface area contributed by atoms with Crippen molar-refractivity contribution < 1.29 is 14.4 Å². The van der Waals surface area contributed by atoms with Gasteiger partial charge >= 0.3 is 0 Å². The number of rotatable bonds is 10. The molecule has 36 heavy (non-hydrogen) atoms. The number of nitrogens with zero attached hydrogens (tertiary/aromatic N) is 2. The highest BCUT2D eigenvalue weighted by Gasteiger charge is 2.35. The molecule has 0 aromatic heterocycles. The van der Waals surface area contributed by atoms with Gasteiger partial charge in [0.05, 0.1) is 5.69 Å². The molecule has 6 nitrogen and oxygen atoms in total. The van der Waals surface area contributed by atoms with E-state index in [9.17, 15) is 14.4 Å². The van der Waals surface area contributed by atoms with E-state index in [2.05, 4.69) is 5.32 Å². The minimum Gasteiger partial charge on any atom is -0.354 e. The van der Waals surface area contributed by atoms with Crippen molar-refractivity contribution in [2.75, 3.05) is 18.0 Å². The molecule has 0 spiro atoms. The van der Waals surface area contributed by atoms with Crippen LogP contribution in [0.3, 0.4) is 0 Å². The van der Waals surface area contributed by atoms with Crippen molar-refractivity contribution in [3.05, 3.63) is 75.8 Å². The quantitative estimate of drug-likeness (QED) is 0.338. The largest absolute Gasteiger partial charge is 0.354 e. The molecule has 3 amide bonds. The molecule has 0 aliphatic carbocycles. The Morgan fingerprint density at radius 3 is 2.33 bits per heavy atom. The number of unbranched alkanes of at least 4 members (excludes halogenated alkanes) is 1. The Morgan fingerprint density at radius 2 is 1.67 bits per heavy atom. The Labute approximate surface area is 221 Å². The minimum absolute atomic E-state index is 0.0518. The second-order valence-corrected chi connectivity index (χ2v) is 9.68. The van der Waals surface area contributed by atoms with Crippen molar-refractivity contribution in [1.29, 1.82) is 0 Å². The van der Waals surface area contributed by atoms with Crippen LogP contribution in [-0.4, -0.2) is 41.8 Å². The number of carbonyl (C=O) groups excluding carboxylic acids is 3. The topological polar surface area (TPSA) is 69.7 Å². The van der Waals surface area contributed by atoms with Gasteiger partial charge in [0.1, 0.15) is 12.6 Å². The van der Waals surface area contributed by atoms with Crippen molar-refractivity contribution >= 4 is 57.4 Å². The van der Waals surface area contributed by atoms with Gasteiger partial charge in [-0.05, 0) is 42.5 Å². The van der Waals surface area contributed by atoms with E-state index in [-0.39, 0.29) is 30.8 Å². The van der Waals surface area contributed by atoms with Gasteiger partial charge < -0.3 is 10.2 Å². The number of hydrogen-bond acceptors (Lipinski definition) is 3. The third-order valence-corrected chi connectivity index (χ3v) is 7.26.